The molecule has 124 valence electrons. The maximum absolute atomic E-state index is 13.3. The Labute approximate surface area is 140 Å². The van der Waals surface area contributed by atoms with E-state index in [1.165, 1.54) is 17.8 Å². The molecule has 2 aliphatic heterocycles. The third-order valence-corrected chi connectivity index (χ3v) is 5.03. The van der Waals surface area contributed by atoms with Gasteiger partial charge in [0.05, 0.1) is 0 Å². The second kappa shape index (κ2) is 6.28. The molecule has 2 fully saturated rings. The molecular weight excluding hydrogens is 307 g/mol. The molecule has 0 bridgehead atoms. The first-order valence-electron chi connectivity index (χ1n) is 8.28. The second-order valence-corrected chi connectivity index (χ2v) is 6.41. The summed E-state index contributed by atoms with van der Waals surface area (Å²) in [6.07, 6.45) is 6.94. The highest BCUT2D eigenvalue weighted by molar-refractivity contribution is 5.94. The molecular formula is C18H19FN4O. The molecule has 0 aromatic carbocycles. The Morgan fingerprint density at radius 3 is 2.88 bits per heavy atom. The molecule has 6 heteroatoms. The topological polar surface area (TPSA) is 49.3 Å². The van der Waals surface area contributed by atoms with Crippen molar-refractivity contribution in [1.82, 2.24) is 19.8 Å². The molecule has 0 saturated carbocycles. The molecule has 4 rings (SSSR count). The predicted octanol–water partition coefficient (Wildman–Crippen LogP) is 2.10. The van der Waals surface area contributed by atoms with Crippen LogP contribution in [0.2, 0.25) is 0 Å². The van der Waals surface area contributed by atoms with Gasteiger partial charge in [0, 0.05) is 61.9 Å². The highest BCUT2D eigenvalue weighted by Gasteiger charge is 2.44. The number of likely N-dealkylation sites (tertiary alicyclic amines) is 2. The van der Waals surface area contributed by atoms with Gasteiger partial charge in [0.25, 0.3) is 5.91 Å². The summed E-state index contributed by atoms with van der Waals surface area (Å²) in [5.74, 6) is -0.701. The summed E-state index contributed by atoms with van der Waals surface area (Å²) in [7, 11) is 0. The van der Waals surface area contributed by atoms with Crippen molar-refractivity contribution >= 4 is 5.91 Å². The van der Waals surface area contributed by atoms with E-state index in [0.29, 0.717) is 11.6 Å². The zero-order valence-corrected chi connectivity index (χ0v) is 13.3. The molecule has 0 radical (unpaired) electrons. The van der Waals surface area contributed by atoms with Gasteiger partial charge in [0.15, 0.2) is 0 Å². The standard InChI is InChI=1S/C18H19FN4O/c19-17-10-14(3-7-21-17)18(24)23-9-5-15-16(23)4-8-22(15)12-13-2-1-6-20-11-13/h1-3,6-7,10-11,15-16H,4-5,8-9,12H2/t15-,16+/m0/s1. The van der Waals surface area contributed by atoms with Gasteiger partial charge in [-0.05, 0) is 30.5 Å². The van der Waals surface area contributed by atoms with Crippen molar-refractivity contribution < 1.29 is 9.18 Å². The fraction of sp³-hybridized carbons (Fsp3) is 0.389. The molecule has 2 saturated heterocycles. The summed E-state index contributed by atoms with van der Waals surface area (Å²) in [5, 5.41) is 0. The molecule has 2 aromatic heterocycles. The Bertz CT molecular complexity index is 739. The van der Waals surface area contributed by atoms with Gasteiger partial charge in [-0.15, -0.1) is 0 Å². The van der Waals surface area contributed by atoms with Crippen LogP contribution in [-0.4, -0.2) is 50.8 Å². The van der Waals surface area contributed by atoms with Crippen molar-refractivity contribution in [2.45, 2.75) is 31.5 Å². The monoisotopic (exact) mass is 326 g/mol. The Morgan fingerprint density at radius 2 is 2.08 bits per heavy atom. The summed E-state index contributed by atoms with van der Waals surface area (Å²) >= 11 is 0. The number of amides is 1. The van der Waals surface area contributed by atoms with E-state index >= 15 is 0 Å². The molecule has 4 heterocycles. The molecule has 0 aliphatic carbocycles. The van der Waals surface area contributed by atoms with Crippen LogP contribution in [-0.2, 0) is 6.54 Å². The predicted molar refractivity (Wildman–Crippen MR) is 86.7 cm³/mol. The van der Waals surface area contributed by atoms with E-state index < -0.39 is 5.95 Å². The average molecular weight is 326 g/mol. The fourth-order valence-electron chi connectivity index (χ4n) is 3.95. The van der Waals surface area contributed by atoms with Gasteiger partial charge in [0.2, 0.25) is 5.95 Å². The van der Waals surface area contributed by atoms with Crippen molar-refractivity contribution in [2.75, 3.05) is 13.1 Å². The first-order chi connectivity index (χ1) is 11.7. The molecule has 2 aromatic rings. The number of halogens is 1. The van der Waals surface area contributed by atoms with E-state index in [0.717, 1.165) is 32.5 Å². The van der Waals surface area contributed by atoms with Gasteiger partial charge in [0.1, 0.15) is 0 Å². The minimum atomic E-state index is -0.610. The van der Waals surface area contributed by atoms with Crippen LogP contribution in [0.4, 0.5) is 4.39 Å². The Balaban J connectivity index is 1.47. The second-order valence-electron chi connectivity index (χ2n) is 6.41. The molecule has 2 aliphatic rings. The van der Waals surface area contributed by atoms with E-state index in [-0.39, 0.29) is 11.9 Å². The van der Waals surface area contributed by atoms with Gasteiger partial charge in [-0.2, -0.15) is 4.39 Å². The number of pyridine rings is 2. The molecule has 0 spiro atoms. The van der Waals surface area contributed by atoms with Gasteiger partial charge in [-0.25, -0.2) is 4.98 Å². The van der Waals surface area contributed by atoms with Crippen LogP contribution in [0.15, 0.2) is 42.9 Å². The van der Waals surface area contributed by atoms with Crippen LogP contribution in [0.25, 0.3) is 0 Å². The van der Waals surface area contributed by atoms with E-state index in [9.17, 15) is 9.18 Å². The Kier molecular flexibility index (Phi) is 3.98. The maximum Gasteiger partial charge on any atom is 0.254 e. The van der Waals surface area contributed by atoms with E-state index in [1.54, 1.807) is 12.3 Å². The molecule has 5 nitrogen and oxygen atoms in total. The van der Waals surface area contributed by atoms with E-state index in [4.69, 9.17) is 0 Å². The zero-order chi connectivity index (χ0) is 16.5. The van der Waals surface area contributed by atoms with Crippen molar-refractivity contribution in [2.24, 2.45) is 0 Å². The summed E-state index contributed by atoms with van der Waals surface area (Å²) in [6, 6.07) is 7.42. The lowest BCUT2D eigenvalue weighted by molar-refractivity contribution is 0.0731. The van der Waals surface area contributed by atoms with Crippen LogP contribution < -0.4 is 0 Å². The summed E-state index contributed by atoms with van der Waals surface area (Å²) < 4.78 is 13.3. The molecule has 24 heavy (non-hydrogen) atoms. The fourth-order valence-corrected chi connectivity index (χ4v) is 3.95. The summed E-state index contributed by atoms with van der Waals surface area (Å²) in [4.78, 5) is 24.7. The minimum Gasteiger partial charge on any atom is -0.334 e. The number of hydrogen-bond acceptors (Lipinski definition) is 4. The number of carbonyl (C=O) groups excluding carboxylic acids is 1. The first kappa shape index (κ1) is 15.2. The van der Waals surface area contributed by atoms with Crippen LogP contribution >= 0.6 is 0 Å². The lowest BCUT2D eigenvalue weighted by Crippen LogP contribution is -2.39. The van der Waals surface area contributed by atoms with Crippen LogP contribution in [0, 0.1) is 5.95 Å². The third-order valence-electron chi connectivity index (χ3n) is 5.03. The van der Waals surface area contributed by atoms with Crippen molar-refractivity contribution in [3.8, 4) is 0 Å². The van der Waals surface area contributed by atoms with Crippen molar-refractivity contribution in [3.05, 3.63) is 59.9 Å². The molecule has 2 atom stereocenters. The quantitative estimate of drug-likeness (QED) is 0.811. The first-order valence-corrected chi connectivity index (χ1v) is 8.28. The molecule has 0 N–H and O–H groups in total. The Morgan fingerprint density at radius 1 is 1.21 bits per heavy atom. The highest BCUT2D eigenvalue weighted by Crippen LogP contribution is 2.33. The SMILES string of the molecule is O=C(c1ccnc(F)c1)N1CC[C@H]2[C@H]1CCN2Cc1cccnc1. The van der Waals surface area contributed by atoms with Crippen molar-refractivity contribution in [1.29, 1.82) is 0 Å². The number of hydrogen-bond donors (Lipinski definition) is 0. The third kappa shape index (κ3) is 2.78. The summed E-state index contributed by atoms with van der Waals surface area (Å²) in [5.41, 5.74) is 1.58. The average Bonchev–Trinajstić information content (AvgIpc) is 3.18. The normalized spacial score (nSPS) is 23.5. The lowest BCUT2D eigenvalue weighted by atomic mass is 10.1. The van der Waals surface area contributed by atoms with Gasteiger partial charge < -0.3 is 4.90 Å². The smallest absolute Gasteiger partial charge is 0.254 e. The Hall–Kier alpha value is -2.34. The number of carbonyl (C=O) groups is 1. The van der Waals surface area contributed by atoms with E-state index in [1.807, 2.05) is 17.2 Å². The van der Waals surface area contributed by atoms with Gasteiger partial charge in [-0.1, -0.05) is 6.07 Å². The number of nitrogens with zero attached hydrogens (tertiary/aromatic N) is 4. The molecule has 1 amide bonds. The van der Waals surface area contributed by atoms with Gasteiger partial charge in [-0.3, -0.25) is 14.7 Å². The molecule has 0 unspecified atom stereocenters. The van der Waals surface area contributed by atoms with Crippen LogP contribution in [0.5, 0.6) is 0 Å². The minimum absolute atomic E-state index is 0.0907. The largest absolute Gasteiger partial charge is 0.334 e. The number of rotatable bonds is 3. The van der Waals surface area contributed by atoms with Crippen LogP contribution in [0.1, 0.15) is 28.8 Å². The number of aromatic nitrogens is 2. The number of fused-ring (bicyclic) bond motifs is 1. The van der Waals surface area contributed by atoms with E-state index in [2.05, 4.69) is 20.9 Å². The zero-order valence-electron chi connectivity index (χ0n) is 13.3. The van der Waals surface area contributed by atoms with Gasteiger partial charge >= 0.3 is 0 Å². The lowest BCUT2D eigenvalue weighted by Gasteiger charge is -2.25. The highest BCUT2D eigenvalue weighted by atomic mass is 19.1. The maximum atomic E-state index is 13.3. The summed E-state index contributed by atoms with van der Waals surface area (Å²) in [6.45, 7) is 2.56. The van der Waals surface area contributed by atoms with Crippen molar-refractivity contribution in [3.63, 3.8) is 0 Å². The van der Waals surface area contributed by atoms with Crippen LogP contribution in [0.3, 0.4) is 0 Å².